The number of sulfonamides is 1. The van der Waals surface area contributed by atoms with Gasteiger partial charge in [-0.2, -0.15) is 4.31 Å². The summed E-state index contributed by atoms with van der Waals surface area (Å²) in [5, 5.41) is 10.1. The monoisotopic (exact) mass is 434 g/mol. The molecule has 162 valence electrons. The first kappa shape index (κ1) is 21.9. The fourth-order valence-corrected chi connectivity index (χ4v) is 4.72. The van der Waals surface area contributed by atoms with Gasteiger partial charge < -0.3 is 19.5 Å². The van der Waals surface area contributed by atoms with Crippen LogP contribution in [0.4, 0.5) is 5.69 Å². The van der Waals surface area contributed by atoms with Crippen molar-refractivity contribution in [1.82, 2.24) is 4.31 Å². The van der Waals surface area contributed by atoms with Crippen molar-refractivity contribution in [3.8, 4) is 11.5 Å². The smallest absolute Gasteiger partial charge is 0.341 e. The second-order valence-electron chi connectivity index (χ2n) is 7.22. The van der Waals surface area contributed by atoms with E-state index >= 15 is 0 Å². The molecule has 1 aliphatic rings. The molecule has 1 saturated heterocycles. The highest BCUT2D eigenvalue weighted by Crippen LogP contribution is 2.27. The topological polar surface area (TPSA) is 96.4 Å². The molecule has 1 heterocycles. The number of piperazine rings is 1. The van der Waals surface area contributed by atoms with Crippen LogP contribution in [0.1, 0.15) is 24.2 Å². The van der Waals surface area contributed by atoms with Crippen molar-refractivity contribution in [2.75, 3.05) is 38.2 Å². The second kappa shape index (κ2) is 8.93. The van der Waals surface area contributed by atoms with Crippen molar-refractivity contribution >= 4 is 21.7 Å². The van der Waals surface area contributed by atoms with E-state index in [0.717, 1.165) is 0 Å². The van der Waals surface area contributed by atoms with Gasteiger partial charge in [0.2, 0.25) is 10.0 Å². The summed E-state index contributed by atoms with van der Waals surface area (Å²) in [6.07, 6.45) is 0.0154. The minimum absolute atomic E-state index is 0.0154. The Labute approximate surface area is 176 Å². The lowest BCUT2D eigenvalue weighted by molar-refractivity contribution is 0.0597. The summed E-state index contributed by atoms with van der Waals surface area (Å²) in [7, 11) is -2.35. The summed E-state index contributed by atoms with van der Waals surface area (Å²) in [4.78, 5) is 13.8. The maximum Gasteiger partial charge on any atom is 0.341 e. The van der Waals surface area contributed by atoms with Crippen LogP contribution >= 0.6 is 0 Å². The number of rotatable bonds is 6. The molecule has 1 N–H and O–H groups in total. The quantitative estimate of drug-likeness (QED) is 0.698. The fraction of sp³-hybridized carbons (Fsp3) is 0.381. The van der Waals surface area contributed by atoms with Gasteiger partial charge in [-0.1, -0.05) is 0 Å². The summed E-state index contributed by atoms with van der Waals surface area (Å²) in [6.45, 7) is 5.37. The summed E-state index contributed by atoms with van der Waals surface area (Å²) in [5.41, 5.74) is 0.805. The molecule has 0 unspecified atom stereocenters. The van der Waals surface area contributed by atoms with Crippen LogP contribution in [0.3, 0.4) is 0 Å². The summed E-state index contributed by atoms with van der Waals surface area (Å²) in [6, 6.07) is 11.1. The molecule has 1 fully saturated rings. The maximum absolute atomic E-state index is 12.9. The van der Waals surface area contributed by atoms with Crippen LogP contribution < -0.4 is 9.64 Å². The molecule has 0 aromatic heterocycles. The standard InChI is InChI=1S/C21H26N2O6S/c1-15(2)29-17-5-7-18(8-6-17)30(26,27)23-12-10-22(11-13-23)16-4-9-19(20(24)14-16)21(25)28-3/h4-9,14-15,24H,10-13H2,1-3H3. The Morgan fingerprint density at radius 2 is 1.67 bits per heavy atom. The second-order valence-corrected chi connectivity index (χ2v) is 9.16. The van der Waals surface area contributed by atoms with Crippen LogP contribution in [0.2, 0.25) is 0 Å². The number of hydrogen-bond acceptors (Lipinski definition) is 7. The van der Waals surface area contributed by atoms with Crippen molar-refractivity contribution in [2.24, 2.45) is 0 Å². The third kappa shape index (κ3) is 4.68. The number of carbonyl (C=O) groups is 1. The van der Waals surface area contributed by atoms with Gasteiger partial charge in [-0.25, -0.2) is 13.2 Å². The first-order chi connectivity index (χ1) is 14.2. The van der Waals surface area contributed by atoms with Crippen LogP contribution in [0.5, 0.6) is 11.5 Å². The number of anilines is 1. The average molecular weight is 435 g/mol. The van der Waals surface area contributed by atoms with Gasteiger partial charge in [-0.15, -0.1) is 0 Å². The van der Waals surface area contributed by atoms with Crippen LogP contribution in [-0.4, -0.2) is 63.2 Å². The van der Waals surface area contributed by atoms with Gasteiger partial charge in [-0.05, 0) is 50.2 Å². The number of aromatic hydroxyl groups is 1. The summed E-state index contributed by atoms with van der Waals surface area (Å²) < 4.78 is 37.5. The molecule has 0 aliphatic carbocycles. The van der Waals surface area contributed by atoms with Crippen LogP contribution in [0, 0.1) is 0 Å². The van der Waals surface area contributed by atoms with Gasteiger partial charge in [0, 0.05) is 37.9 Å². The molecular formula is C21H26N2O6S. The molecule has 1 aliphatic heterocycles. The van der Waals surface area contributed by atoms with Gasteiger partial charge in [-0.3, -0.25) is 0 Å². The molecule has 30 heavy (non-hydrogen) atoms. The van der Waals surface area contributed by atoms with Gasteiger partial charge >= 0.3 is 5.97 Å². The molecular weight excluding hydrogens is 408 g/mol. The Bertz CT molecular complexity index is 997. The van der Waals surface area contributed by atoms with Crippen LogP contribution in [-0.2, 0) is 14.8 Å². The number of benzene rings is 2. The SMILES string of the molecule is COC(=O)c1ccc(N2CCN(S(=O)(=O)c3ccc(OC(C)C)cc3)CC2)cc1O. The fourth-order valence-electron chi connectivity index (χ4n) is 3.30. The Hall–Kier alpha value is -2.78. The van der Waals surface area contributed by atoms with E-state index in [1.807, 2.05) is 18.7 Å². The molecule has 0 saturated carbocycles. The largest absolute Gasteiger partial charge is 0.507 e. The maximum atomic E-state index is 12.9. The van der Waals surface area contributed by atoms with E-state index in [0.29, 0.717) is 37.6 Å². The lowest BCUT2D eigenvalue weighted by atomic mass is 10.1. The first-order valence-electron chi connectivity index (χ1n) is 9.65. The molecule has 2 aromatic carbocycles. The molecule has 0 bridgehead atoms. The van der Waals surface area contributed by atoms with E-state index in [1.165, 1.54) is 23.5 Å². The highest BCUT2D eigenvalue weighted by atomic mass is 32.2. The number of ether oxygens (including phenoxy) is 2. The van der Waals surface area contributed by atoms with E-state index in [2.05, 4.69) is 4.74 Å². The number of nitrogens with zero attached hydrogens (tertiary/aromatic N) is 2. The van der Waals surface area contributed by atoms with Gasteiger partial charge in [0.15, 0.2) is 0 Å². The molecule has 8 nitrogen and oxygen atoms in total. The third-order valence-corrected chi connectivity index (χ3v) is 6.74. The number of methoxy groups -OCH3 is 1. The lowest BCUT2D eigenvalue weighted by Crippen LogP contribution is -2.48. The summed E-state index contributed by atoms with van der Waals surface area (Å²) >= 11 is 0. The van der Waals surface area contributed by atoms with Crippen molar-refractivity contribution in [1.29, 1.82) is 0 Å². The number of phenols is 1. The molecule has 2 aromatic rings. The van der Waals surface area contributed by atoms with Gasteiger partial charge in [0.05, 0.1) is 18.1 Å². The summed E-state index contributed by atoms with van der Waals surface area (Å²) in [5.74, 6) is -0.151. The lowest BCUT2D eigenvalue weighted by Gasteiger charge is -2.35. The normalized spacial score (nSPS) is 15.3. The minimum Gasteiger partial charge on any atom is -0.507 e. The molecule has 9 heteroatoms. The predicted octanol–water partition coefficient (Wildman–Crippen LogP) is 2.48. The Kier molecular flexibility index (Phi) is 6.52. The van der Waals surface area contributed by atoms with E-state index in [4.69, 9.17) is 4.74 Å². The van der Waals surface area contributed by atoms with E-state index < -0.39 is 16.0 Å². The Morgan fingerprint density at radius 1 is 1.03 bits per heavy atom. The average Bonchev–Trinajstić information content (AvgIpc) is 2.73. The molecule has 3 rings (SSSR count). The van der Waals surface area contributed by atoms with Gasteiger partial charge in [0.1, 0.15) is 17.1 Å². The Balaban J connectivity index is 1.67. The highest BCUT2D eigenvalue weighted by molar-refractivity contribution is 7.89. The van der Waals surface area contributed by atoms with E-state index in [9.17, 15) is 18.3 Å². The van der Waals surface area contributed by atoms with Crippen LogP contribution in [0.25, 0.3) is 0 Å². The third-order valence-electron chi connectivity index (χ3n) is 4.82. The Morgan fingerprint density at radius 3 is 2.20 bits per heavy atom. The number of hydrogen-bond donors (Lipinski definition) is 1. The zero-order valence-electron chi connectivity index (χ0n) is 17.2. The van der Waals surface area contributed by atoms with Crippen molar-refractivity contribution in [2.45, 2.75) is 24.8 Å². The van der Waals surface area contributed by atoms with Crippen molar-refractivity contribution in [3.05, 3.63) is 48.0 Å². The number of carbonyl (C=O) groups excluding carboxylic acids is 1. The number of esters is 1. The van der Waals surface area contributed by atoms with Crippen LogP contribution in [0.15, 0.2) is 47.4 Å². The first-order valence-corrected chi connectivity index (χ1v) is 11.1. The minimum atomic E-state index is -3.60. The highest BCUT2D eigenvalue weighted by Gasteiger charge is 2.29. The van der Waals surface area contributed by atoms with Crippen molar-refractivity contribution in [3.63, 3.8) is 0 Å². The molecule has 0 atom stereocenters. The zero-order valence-corrected chi connectivity index (χ0v) is 18.1. The zero-order chi connectivity index (χ0) is 21.9. The number of phenolic OH excluding ortho intramolecular Hbond substituents is 1. The van der Waals surface area contributed by atoms with E-state index in [1.54, 1.807) is 30.3 Å². The molecule has 0 radical (unpaired) electrons. The molecule has 0 amide bonds. The van der Waals surface area contributed by atoms with E-state index in [-0.39, 0.29) is 22.3 Å². The predicted molar refractivity (Wildman–Crippen MR) is 113 cm³/mol. The van der Waals surface area contributed by atoms with Crippen molar-refractivity contribution < 1.29 is 27.8 Å². The van der Waals surface area contributed by atoms with Gasteiger partial charge in [0.25, 0.3) is 0 Å². The molecule has 0 spiro atoms.